The van der Waals surface area contributed by atoms with Crippen LogP contribution in [0.15, 0.2) is 53.3 Å². The summed E-state index contributed by atoms with van der Waals surface area (Å²) in [6, 6.07) is 13.3. The molecular formula is C26H21F3N4O3. The maximum atomic E-state index is 13.0. The molecule has 1 saturated heterocycles. The monoisotopic (exact) mass is 494 g/mol. The van der Waals surface area contributed by atoms with E-state index >= 15 is 0 Å². The van der Waals surface area contributed by atoms with Crippen LogP contribution in [0.3, 0.4) is 0 Å². The molecule has 36 heavy (non-hydrogen) atoms. The van der Waals surface area contributed by atoms with Crippen LogP contribution < -0.4 is 20.1 Å². The number of hydrogen-bond donors (Lipinski definition) is 0. The van der Waals surface area contributed by atoms with E-state index in [4.69, 9.17) is 9.47 Å². The molecule has 2 aliphatic heterocycles. The van der Waals surface area contributed by atoms with Gasteiger partial charge in [0.15, 0.2) is 0 Å². The van der Waals surface area contributed by atoms with Crippen molar-refractivity contribution < 1.29 is 22.6 Å². The summed E-state index contributed by atoms with van der Waals surface area (Å²) in [6.45, 7) is 1.67. The number of aromatic nitrogens is 2. The van der Waals surface area contributed by atoms with Gasteiger partial charge in [-0.25, -0.2) is 4.79 Å². The average Bonchev–Trinajstić information content (AvgIpc) is 3.38. The number of anilines is 1. The second-order valence-electron chi connectivity index (χ2n) is 9.69. The van der Waals surface area contributed by atoms with E-state index in [1.807, 2.05) is 6.07 Å². The Hall–Kier alpha value is -4.00. The number of rotatable bonds is 5. The van der Waals surface area contributed by atoms with E-state index in [9.17, 15) is 23.2 Å². The fourth-order valence-corrected chi connectivity index (χ4v) is 5.17. The summed E-state index contributed by atoms with van der Waals surface area (Å²) in [5.41, 5.74) is 0.00606. The summed E-state index contributed by atoms with van der Waals surface area (Å²) < 4.78 is 52.0. The third-order valence-electron chi connectivity index (χ3n) is 7.17. The zero-order valence-corrected chi connectivity index (χ0v) is 19.1. The highest BCUT2D eigenvalue weighted by Crippen LogP contribution is 2.57. The van der Waals surface area contributed by atoms with Crippen LogP contribution in [0, 0.1) is 16.7 Å². The third kappa shape index (κ3) is 4.04. The van der Waals surface area contributed by atoms with Crippen LogP contribution in [0.5, 0.6) is 17.4 Å². The summed E-state index contributed by atoms with van der Waals surface area (Å²) in [4.78, 5) is 18.9. The van der Waals surface area contributed by atoms with Crippen LogP contribution in [-0.4, -0.2) is 22.1 Å². The van der Waals surface area contributed by atoms with Gasteiger partial charge in [-0.05, 0) is 60.6 Å². The van der Waals surface area contributed by atoms with E-state index in [2.05, 4.69) is 9.88 Å². The molecule has 6 rings (SSSR count). The van der Waals surface area contributed by atoms with Crippen molar-refractivity contribution in [3.63, 3.8) is 0 Å². The smallest absolute Gasteiger partial charge is 0.416 e. The standard InChI is InChI=1S/C26H21F3N4O3/c27-26(28,29)18-2-1-3-20(9-18)36-21-5-4-16(8-17(21)12-30)14-35-22-10-23-32(24(34)31-22)13-19-11-25(6-7-25)15-33(19)23/h1-5,8-10,19H,6-7,11,13-15H2. The van der Waals surface area contributed by atoms with Crippen molar-refractivity contribution in [1.29, 1.82) is 5.26 Å². The van der Waals surface area contributed by atoms with Crippen LogP contribution in [-0.2, 0) is 19.3 Å². The molecule has 2 fully saturated rings. The van der Waals surface area contributed by atoms with Gasteiger partial charge in [0, 0.05) is 25.2 Å². The summed E-state index contributed by atoms with van der Waals surface area (Å²) >= 11 is 0. The van der Waals surface area contributed by atoms with Crippen molar-refractivity contribution in [3.8, 4) is 23.4 Å². The highest BCUT2D eigenvalue weighted by atomic mass is 19.4. The van der Waals surface area contributed by atoms with E-state index in [-0.39, 0.29) is 35.2 Å². The maximum absolute atomic E-state index is 13.0. The van der Waals surface area contributed by atoms with Crippen molar-refractivity contribution in [1.82, 2.24) is 9.55 Å². The second-order valence-corrected chi connectivity index (χ2v) is 9.69. The number of nitrogens with zero attached hydrogens (tertiary/aromatic N) is 4. The topological polar surface area (TPSA) is 80.4 Å². The van der Waals surface area contributed by atoms with Crippen molar-refractivity contribution in [2.45, 2.75) is 44.6 Å². The molecule has 3 heterocycles. The number of alkyl halides is 3. The minimum atomic E-state index is -4.50. The molecule has 1 saturated carbocycles. The lowest BCUT2D eigenvalue weighted by Gasteiger charge is -2.18. The van der Waals surface area contributed by atoms with E-state index in [0.29, 0.717) is 23.6 Å². The third-order valence-corrected chi connectivity index (χ3v) is 7.17. The summed E-state index contributed by atoms with van der Waals surface area (Å²) in [6.07, 6.45) is -0.904. The maximum Gasteiger partial charge on any atom is 0.416 e. The number of nitriles is 1. The quantitative estimate of drug-likeness (QED) is 0.503. The predicted octanol–water partition coefficient (Wildman–Crippen LogP) is 4.88. The van der Waals surface area contributed by atoms with Crippen LogP contribution in [0.2, 0.25) is 0 Å². The molecule has 2 aromatic carbocycles. The average molecular weight is 494 g/mol. The number of halogens is 3. The molecule has 3 aliphatic rings. The Morgan fingerprint density at radius 1 is 1.17 bits per heavy atom. The number of hydrogen-bond acceptors (Lipinski definition) is 6. The highest BCUT2D eigenvalue weighted by Gasteiger charge is 2.54. The van der Waals surface area contributed by atoms with E-state index in [1.165, 1.54) is 37.1 Å². The van der Waals surface area contributed by atoms with Crippen molar-refractivity contribution in [2.75, 3.05) is 11.4 Å². The Kier molecular flexibility index (Phi) is 5.00. The van der Waals surface area contributed by atoms with Crippen LogP contribution in [0.1, 0.15) is 36.0 Å². The SMILES string of the molecule is N#Cc1cc(COc2cc3n(c(=O)n2)CC2CC4(CC4)CN32)ccc1Oc1cccc(C(F)(F)F)c1. The molecule has 0 radical (unpaired) electrons. The van der Waals surface area contributed by atoms with Gasteiger partial charge < -0.3 is 14.4 Å². The molecule has 10 heteroatoms. The lowest BCUT2D eigenvalue weighted by Crippen LogP contribution is -2.25. The fraction of sp³-hybridized carbons (Fsp3) is 0.346. The summed E-state index contributed by atoms with van der Waals surface area (Å²) in [7, 11) is 0. The molecule has 1 unspecified atom stereocenters. The van der Waals surface area contributed by atoms with Gasteiger partial charge in [-0.1, -0.05) is 12.1 Å². The zero-order valence-electron chi connectivity index (χ0n) is 19.1. The normalized spacial score (nSPS) is 19.1. The molecule has 0 N–H and O–H groups in total. The van der Waals surface area contributed by atoms with Gasteiger partial charge in [-0.15, -0.1) is 0 Å². The fourth-order valence-electron chi connectivity index (χ4n) is 5.17. The van der Waals surface area contributed by atoms with Crippen LogP contribution >= 0.6 is 0 Å². The van der Waals surface area contributed by atoms with Crippen molar-refractivity contribution in [3.05, 3.63) is 75.7 Å². The minimum Gasteiger partial charge on any atom is -0.473 e. The number of benzene rings is 2. The molecule has 184 valence electrons. The first-order chi connectivity index (χ1) is 17.2. The Morgan fingerprint density at radius 3 is 2.75 bits per heavy atom. The first-order valence-electron chi connectivity index (χ1n) is 11.6. The van der Waals surface area contributed by atoms with Gasteiger partial charge in [0.05, 0.1) is 11.1 Å². The first kappa shape index (κ1) is 22.5. The van der Waals surface area contributed by atoms with Gasteiger partial charge in [0.25, 0.3) is 0 Å². The van der Waals surface area contributed by atoms with E-state index in [0.717, 1.165) is 30.9 Å². The van der Waals surface area contributed by atoms with Gasteiger partial charge >= 0.3 is 11.9 Å². The second kappa shape index (κ2) is 8.01. The van der Waals surface area contributed by atoms with Crippen LogP contribution in [0.4, 0.5) is 19.0 Å². The largest absolute Gasteiger partial charge is 0.473 e. The van der Waals surface area contributed by atoms with Crippen molar-refractivity contribution in [2.24, 2.45) is 5.41 Å². The van der Waals surface area contributed by atoms with Crippen LogP contribution in [0.25, 0.3) is 0 Å². The van der Waals surface area contributed by atoms with E-state index < -0.39 is 11.7 Å². The summed E-state index contributed by atoms with van der Waals surface area (Å²) in [5.74, 6) is 1.15. The zero-order chi connectivity index (χ0) is 25.1. The molecule has 7 nitrogen and oxygen atoms in total. The Morgan fingerprint density at radius 2 is 2.00 bits per heavy atom. The molecule has 1 atom stereocenters. The minimum absolute atomic E-state index is 0.0265. The van der Waals surface area contributed by atoms with Gasteiger partial charge in [0.2, 0.25) is 5.88 Å². The highest BCUT2D eigenvalue weighted by molar-refractivity contribution is 5.50. The molecule has 1 aromatic heterocycles. The number of ether oxygens (including phenoxy) is 2. The summed E-state index contributed by atoms with van der Waals surface area (Å²) in [5, 5.41) is 9.55. The molecular weight excluding hydrogens is 473 g/mol. The molecule has 1 aliphatic carbocycles. The first-order valence-corrected chi connectivity index (χ1v) is 11.6. The Balaban J connectivity index is 1.17. The van der Waals surface area contributed by atoms with Crippen molar-refractivity contribution >= 4 is 5.82 Å². The Labute approximate surface area is 204 Å². The number of fused-ring (bicyclic) bond motifs is 3. The lowest BCUT2D eigenvalue weighted by molar-refractivity contribution is -0.137. The predicted molar refractivity (Wildman–Crippen MR) is 123 cm³/mol. The van der Waals surface area contributed by atoms with Gasteiger partial charge in [-0.2, -0.15) is 23.4 Å². The molecule has 1 spiro atoms. The van der Waals surface area contributed by atoms with Gasteiger partial charge in [0.1, 0.15) is 30.0 Å². The molecule has 0 amide bonds. The van der Waals surface area contributed by atoms with Gasteiger partial charge in [-0.3, -0.25) is 4.57 Å². The molecule has 0 bridgehead atoms. The van der Waals surface area contributed by atoms with E-state index in [1.54, 1.807) is 16.7 Å². The Bertz CT molecular complexity index is 1460. The lowest BCUT2D eigenvalue weighted by atomic mass is 10.0. The molecule has 3 aromatic rings.